The largest absolute Gasteiger partial charge is 0.334 e. The van der Waals surface area contributed by atoms with Crippen molar-refractivity contribution in [3.63, 3.8) is 0 Å². The fourth-order valence-electron chi connectivity index (χ4n) is 2.24. The van der Waals surface area contributed by atoms with Crippen molar-refractivity contribution in [3.8, 4) is 0 Å². The van der Waals surface area contributed by atoms with Crippen LogP contribution in [0.3, 0.4) is 0 Å². The van der Waals surface area contributed by atoms with Gasteiger partial charge in [-0.25, -0.2) is 4.79 Å². The van der Waals surface area contributed by atoms with Crippen LogP contribution in [0.5, 0.6) is 0 Å². The number of aromatic nitrogens is 2. The summed E-state index contributed by atoms with van der Waals surface area (Å²) in [6.07, 6.45) is 4.66. The normalized spacial score (nSPS) is 25.1. The van der Waals surface area contributed by atoms with Gasteiger partial charge in [-0.2, -0.15) is 0 Å². The Hall–Kier alpha value is -1.88. The highest BCUT2D eigenvalue weighted by atomic mass is 35.5. The van der Waals surface area contributed by atoms with E-state index in [0.717, 1.165) is 23.3 Å². The molecule has 19 heavy (non-hydrogen) atoms. The summed E-state index contributed by atoms with van der Waals surface area (Å²) < 4.78 is 0. The quantitative estimate of drug-likeness (QED) is 0.831. The predicted molar refractivity (Wildman–Crippen MR) is 72.6 cm³/mol. The molecule has 0 saturated heterocycles. The van der Waals surface area contributed by atoms with Gasteiger partial charge in [-0.1, -0.05) is 17.7 Å². The number of allylic oxidation sites excluding steroid dienone is 1. The van der Waals surface area contributed by atoms with Gasteiger partial charge < -0.3 is 10.6 Å². The van der Waals surface area contributed by atoms with Gasteiger partial charge in [0.05, 0.1) is 5.69 Å². The number of carbonyl (C=O) groups is 1. The predicted octanol–water partition coefficient (Wildman–Crippen LogP) is 2.07. The highest BCUT2D eigenvalue weighted by Crippen LogP contribution is 2.49. The molecular weight excluding hydrogens is 264 g/mol. The second-order valence-corrected chi connectivity index (χ2v) is 5.07. The Bertz CT molecular complexity index is 584. The summed E-state index contributed by atoms with van der Waals surface area (Å²) >= 11 is 6.10. The minimum atomic E-state index is -0.209. The molecule has 3 rings (SSSR count). The van der Waals surface area contributed by atoms with Gasteiger partial charge in [0, 0.05) is 18.3 Å². The number of halogens is 1. The minimum Gasteiger partial charge on any atom is -0.334 e. The first-order valence-corrected chi connectivity index (χ1v) is 6.46. The van der Waals surface area contributed by atoms with E-state index >= 15 is 0 Å². The molecule has 2 atom stereocenters. The molecule has 2 heterocycles. The van der Waals surface area contributed by atoms with Crippen molar-refractivity contribution in [2.24, 2.45) is 5.92 Å². The third kappa shape index (κ3) is 2.33. The average molecular weight is 277 g/mol. The van der Waals surface area contributed by atoms with Crippen LogP contribution < -0.4 is 10.6 Å². The van der Waals surface area contributed by atoms with Crippen LogP contribution in [-0.2, 0) is 0 Å². The number of carbonyl (C=O) groups excluding carboxylic acids is 1. The lowest BCUT2D eigenvalue weighted by molar-refractivity contribution is 0.244. The van der Waals surface area contributed by atoms with Crippen LogP contribution in [0, 0.1) is 5.92 Å². The Morgan fingerprint density at radius 1 is 1.47 bits per heavy atom. The summed E-state index contributed by atoms with van der Waals surface area (Å²) in [7, 11) is 0. The van der Waals surface area contributed by atoms with Crippen LogP contribution >= 0.6 is 11.6 Å². The second-order valence-electron chi connectivity index (χ2n) is 4.71. The number of hydrogen-bond donors (Lipinski definition) is 2. The maximum absolute atomic E-state index is 11.0. The molecular formula is C13H13ClN4O. The first-order chi connectivity index (χ1) is 9.19. The molecule has 1 fully saturated rings. The van der Waals surface area contributed by atoms with Crippen molar-refractivity contribution in [1.29, 1.82) is 0 Å². The maximum atomic E-state index is 11.0. The monoisotopic (exact) mass is 276 g/mol. The molecule has 1 saturated carbocycles. The summed E-state index contributed by atoms with van der Waals surface area (Å²) in [6, 6.07) is 1.74. The smallest absolute Gasteiger partial charge is 0.319 e. The third-order valence-corrected chi connectivity index (χ3v) is 3.76. The minimum absolute atomic E-state index is 0.209. The zero-order valence-electron chi connectivity index (χ0n) is 10.2. The highest BCUT2D eigenvalue weighted by Gasteiger charge is 2.38. The van der Waals surface area contributed by atoms with Crippen LogP contribution in [0.15, 0.2) is 24.9 Å². The van der Waals surface area contributed by atoms with Gasteiger partial charge in [0.15, 0.2) is 5.15 Å². The van der Waals surface area contributed by atoms with Crippen molar-refractivity contribution in [2.45, 2.75) is 12.3 Å². The van der Waals surface area contributed by atoms with Crippen molar-refractivity contribution >= 4 is 23.2 Å². The van der Waals surface area contributed by atoms with E-state index < -0.39 is 0 Å². The van der Waals surface area contributed by atoms with E-state index in [4.69, 9.17) is 11.6 Å². The van der Waals surface area contributed by atoms with Crippen LogP contribution in [0.25, 0.3) is 5.57 Å². The van der Waals surface area contributed by atoms with Gasteiger partial charge in [0.25, 0.3) is 0 Å². The SMILES string of the molecule is C=C[C@H]1C[C@@H]1c1cc(C2=CNC(=O)NC2)nnc1Cl. The van der Waals surface area contributed by atoms with E-state index in [1.54, 1.807) is 6.20 Å². The molecule has 0 bridgehead atoms. The van der Waals surface area contributed by atoms with Gasteiger partial charge in [-0.15, -0.1) is 16.8 Å². The molecule has 2 aliphatic rings. The zero-order chi connectivity index (χ0) is 13.4. The standard InChI is InChI=1S/C13H13ClN4O/c1-2-7-3-9(7)10-4-11(17-18-12(10)14)8-5-15-13(19)16-6-8/h2,4-5,7,9H,1,3,6H2,(H2,15,16,19)/t7-,9-/m0/s1. The van der Waals surface area contributed by atoms with E-state index in [9.17, 15) is 4.79 Å². The average Bonchev–Trinajstić information content (AvgIpc) is 3.20. The summed E-state index contributed by atoms with van der Waals surface area (Å²) in [5, 5.41) is 13.8. The molecule has 1 aromatic rings. The first kappa shape index (κ1) is 12.2. The molecule has 1 aliphatic heterocycles. The molecule has 0 radical (unpaired) electrons. The van der Waals surface area contributed by atoms with Gasteiger partial charge in [-0.3, -0.25) is 0 Å². The molecule has 5 nitrogen and oxygen atoms in total. The Morgan fingerprint density at radius 2 is 2.32 bits per heavy atom. The Balaban J connectivity index is 1.89. The lowest BCUT2D eigenvalue weighted by atomic mass is 10.1. The molecule has 98 valence electrons. The molecule has 0 aromatic carbocycles. The number of urea groups is 1. The van der Waals surface area contributed by atoms with E-state index in [1.165, 1.54) is 0 Å². The zero-order valence-corrected chi connectivity index (χ0v) is 10.9. The second kappa shape index (κ2) is 4.66. The Morgan fingerprint density at radius 3 is 2.95 bits per heavy atom. The fraction of sp³-hybridized carbons (Fsp3) is 0.308. The number of rotatable bonds is 3. The van der Waals surface area contributed by atoms with Gasteiger partial charge in [0.2, 0.25) is 0 Å². The van der Waals surface area contributed by atoms with Crippen LogP contribution in [0.1, 0.15) is 23.6 Å². The van der Waals surface area contributed by atoms with Crippen molar-refractivity contribution in [1.82, 2.24) is 20.8 Å². The van der Waals surface area contributed by atoms with E-state index in [-0.39, 0.29) is 6.03 Å². The topological polar surface area (TPSA) is 66.9 Å². The highest BCUT2D eigenvalue weighted by molar-refractivity contribution is 6.30. The number of hydrogen-bond acceptors (Lipinski definition) is 3. The van der Waals surface area contributed by atoms with E-state index in [1.807, 2.05) is 12.1 Å². The number of nitrogens with one attached hydrogen (secondary N) is 2. The van der Waals surface area contributed by atoms with Gasteiger partial charge >= 0.3 is 6.03 Å². The van der Waals surface area contributed by atoms with Crippen LogP contribution in [0.2, 0.25) is 5.15 Å². The van der Waals surface area contributed by atoms with E-state index in [0.29, 0.717) is 23.5 Å². The lowest BCUT2D eigenvalue weighted by Gasteiger charge is -2.15. The van der Waals surface area contributed by atoms with E-state index in [2.05, 4.69) is 27.4 Å². The number of nitrogens with zero attached hydrogens (tertiary/aromatic N) is 2. The van der Waals surface area contributed by atoms with Gasteiger partial charge in [0.1, 0.15) is 0 Å². The maximum Gasteiger partial charge on any atom is 0.319 e. The molecule has 1 aromatic heterocycles. The van der Waals surface area contributed by atoms with Gasteiger partial charge in [-0.05, 0) is 29.9 Å². The van der Waals surface area contributed by atoms with Crippen molar-refractivity contribution in [3.05, 3.63) is 41.3 Å². The first-order valence-electron chi connectivity index (χ1n) is 6.08. The summed E-state index contributed by atoms with van der Waals surface area (Å²) in [5.74, 6) is 0.874. The molecule has 2 N–H and O–H groups in total. The fourth-order valence-corrected chi connectivity index (χ4v) is 2.47. The number of amides is 2. The summed E-state index contributed by atoms with van der Waals surface area (Å²) in [4.78, 5) is 11.0. The Kier molecular flexibility index (Phi) is 2.98. The molecule has 1 aliphatic carbocycles. The molecule has 0 spiro atoms. The van der Waals surface area contributed by atoms with Crippen molar-refractivity contribution in [2.75, 3.05) is 6.54 Å². The molecule has 6 heteroatoms. The van der Waals surface area contributed by atoms with Crippen LogP contribution in [-0.4, -0.2) is 22.8 Å². The molecule has 0 unspecified atom stereocenters. The third-order valence-electron chi connectivity index (χ3n) is 3.46. The summed E-state index contributed by atoms with van der Waals surface area (Å²) in [6.45, 7) is 4.24. The van der Waals surface area contributed by atoms with Crippen molar-refractivity contribution < 1.29 is 4.79 Å². The van der Waals surface area contributed by atoms with Crippen LogP contribution in [0.4, 0.5) is 4.79 Å². The summed E-state index contributed by atoms with van der Waals surface area (Å²) in [5.41, 5.74) is 2.64. The molecule has 2 amide bonds. The lowest BCUT2D eigenvalue weighted by Crippen LogP contribution is -2.37. The Labute approximate surface area is 115 Å².